The van der Waals surface area contributed by atoms with E-state index in [4.69, 9.17) is 9.47 Å². The minimum absolute atomic E-state index is 0.102. The number of likely N-dealkylation sites (tertiary alicyclic amines) is 1. The lowest BCUT2D eigenvalue weighted by Crippen LogP contribution is -2.52. The molecule has 0 N–H and O–H groups in total. The molecule has 0 aromatic rings. The number of rotatable bonds is 5. The molecule has 4 aliphatic rings. The SMILES string of the molecule is CC(C)N1CCN(CCN2CC3(CCN([C@@H]4CCCOC4)CC3)OC2=O)CC1. The van der Waals surface area contributed by atoms with Gasteiger partial charge >= 0.3 is 6.09 Å². The standard InChI is InChI=1S/C21H38N4O3/c1-18(2)23-12-9-22(10-13-23)11-14-25-17-21(28-20(25)26)5-7-24(8-6-21)19-4-3-15-27-16-19/h18-19H,3-17H2,1-2H3/t19-/m1/s1. The number of amides is 1. The molecule has 0 bridgehead atoms. The smallest absolute Gasteiger partial charge is 0.410 e. The van der Waals surface area contributed by atoms with Crippen LogP contribution in [0.3, 0.4) is 0 Å². The minimum Gasteiger partial charge on any atom is -0.441 e. The number of piperazine rings is 1. The van der Waals surface area contributed by atoms with Crippen molar-refractivity contribution in [2.75, 3.05) is 72.1 Å². The number of piperidine rings is 1. The number of hydrogen-bond donors (Lipinski definition) is 0. The third kappa shape index (κ3) is 4.64. The van der Waals surface area contributed by atoms with Crippen molar-refractivity contribution in [3.05, 3.63) is 0 Å². The van der Waals surface area contributed by atoms with Gasteiger partial charge in [-0.25, -0.2) is 4.79 Å². The Balaban J connectivity index is 1.21. The highest BCUT2D eigenvalue weighted by molar-refractivity contribution is 5.70. The fraction of sp³-hybridized carbons (Fsp3) is 0.952. The van der Waals surface area contributed by atoms with Gasteiger partial charge in [0, 0.05) is 83.9 Å². The van der Waals surface area contributed by atoms with E-state index < -0.39 is 0 Å². The largest absolute Gasteiger partial charge is 0.441 e. The number of hydrogen-bond acceptors (Lipinski definition) is 6. The first-order valence-electron chi connectivity index (χ1n) is 11.3. The zero-order chi connectivity index (χ0) is 19.6. The zero-order valence-corrected chi connectivity index (χ0v) is 17.8. The van der Waals surface area contributed by atoms with Crippen molar-refractivity contribution in [1.29, 1.82) is 0 Å². The Labute approximate surface area is 169 Å². The fourth-order valence-electron chi connectivity index (χ4n) is 5.20. The Morgan fingerprint density at radius 1 is 1.07 bits per heavy atom. The summed E-state index contributed by atoms with van der Waals surface area (Å²) < 4.78 is 11.6. The van der Waals surface area contributed by atoms with E-state index >= 15 is 0 Å². The number of ether oxygens (including phenoxy) is 2. The van der Waals surface area contributed by atoms with E-state index in [1.165, 1.54) is 12.8 Å². The molecule has 4 rings (SSSR count). The molecule has 0 aliphatic carbocycles. The Morgan fingerprint density at radius 2 is 1.82 bits per heavy atom. The first-order chi connectivity index (χ1) is 13.5. The van der Waals surface area contributed by atoms with E-state index in [-0.39, 0.29) is 11.7 Å². The molecule has 4 aliphatic heterocycles. The van der Waals surface area contributed by atoms with Crippen LogP contribution in [-0.2, 0) is 9.47 Å². The lowest BCUT2D eigenvalue weighted by atomic mass is 9.90. The van der Waals surface area contributed by atoms with Crippen LogP contribution in [0.15, 0.2) is 0 Å². The van der Waals surface area contributed by atoms with E-state index in [0.717, 1.165) is 85.0 Å². The highest BCUT2D eigenvalue weighted by atomic mass is 16.6. The van der Waals surface area contributed by atoms with Crippen LogP contribution in [0.5, 0.6) is 0 Å². The Bertz CT molecular complexity index is 522. The summed E-state index contributed by atoms with van der Waals surface area (Å²) in [6.07, 6.45) is 4.22. The van der Waals surface area contributed by atoms with Gasteiger partial charge in [0.25, 0.3) is 0 Å². The normalized spacial score (nSPS) is 30.3. The topological polar surface area (TPSA) is 48.5 Å². The van der Waals surface area contributed by atoms with Gasteiger partial charge in [0.1, 0.15) is 5.60 Å². The van der Waals surface area contributed by atoms with Crippen molar-refractivity contribution in [2.45, 2.75) is 57.2 Å². The van der Waals surface area contributed by atoms with Crippen LogP contribution in [0.4, 0.5) is 4.79 Å². The maximum absolute atomic E-state index is 12.5. The predicted octanol–water partition coefficient (Wildman–Crippen LogP) is 1.48. The Hall–Kier alpha value is -0.890. The van der Waals surface area contributed by atoms with Gasteiger partial charge in [-0.05, 0) is 26.7 Å². The predicted molar refractivity (Wildman–Crippen MR) is 109 cm³/mol. The third-order valence-electron chi connectivity index (χ3n) is 7.23. The summed E-state index contributed by atoms with van der Waals surface area (Å²) >= 11 is 0. The van der Waals surface area contributed by atoms with Crippen LogP contribution in [-0.4, -0.2) is 115 Å². The first kappa shape index (κ1) is 20.4. The van der Waals surface area contributed by atoms with E-state index in [9.17, 15) is 4.79 Å². The van der Waals surface area contributed by atoms with Gasteiger partial charge in [0.2, 0.25) is 0 Å². The minimum atomic E-state index is -0.251. The molecule has 4 heterocycles. The second kappa shape index (κ2) is 8.86. The average Bonchev–Trinajstić information content (AvgIpc) is 3.02. The van der Waals surface area contributed by atoms with Gasteiger partial charge in [0.15, 0.2) is 0 Å². The molecule has 0 aromatic carbocycles. The highest BCUT2D eigenvalue weighted by Gasteiger charge is 2.47. The van der Waals surface area contributed by atoms with Crippen molar-refractivity contribution in [2.24, 2.45) is 0 Å². The molecule has 0 radical (unpaired) electrons. The van der Waals surface area contributed by atoms with Crippen molar-refractivity contribution < 1.29 is 14.3 Å². The molecule has 4 saturated heterocycles. The molecule has 7 nitrogen and oxygen atoms in total. The van der Waals surface area contributed by atoms with Gasteiger partial charge in [-0.15, -0.1) is 0 Å². The maximum atomic E-state index is 12.5. The summed E-state index contributed by atoms with van der Waals surface area (Å²) in [5.41, 5.74) is -0.251. The molecule has 0 unspecified atom stereocenters. The zero-order valence-electron chi connectivity index (χ0n) is 17.8. The highest BCUT2D eigenvalue weighted by Crippen LogP contribution is 2.34. The molecule has 160 valence electrons. The summed E-state index contributed by atoms with van der Waals surface area (Å²) in [7, 11) is 0. The van der Waals surface area contributed by atoms with Crippen molar-refractivity contribution >= 4 is 6.09 Å². The number of carbonyl (C=O) groups is 1. The monoisotopic (exact) mass is 394 g/mol. The third-order valence-corrected chi connectivity index (χ3v) is 7.23. The van der Waals surface area contributed by atoms with Crippen LogP contribution in [0.1, 0.15) is 39.5 Å². The Kier molecular flexibility index (Phi) is 6.45. The van der Waals surface area contributed by atoms with Gasteiger partial charge in [-0.1, -0.05) is 0 Å². The van der Waals surface area contributed by atoms with Gasteiger partial charge < -0.3 is 14.4 Å². The van der Waals surface area contributed by atoms with Crippen LogP contribution in [0, 0.1) is 0 Å². The Morgan fingerprint density at radius 3 is 2.46 bits per heavy atom. The molecule has 0 saturated carbocycles. The fourth-order valence-corrected chi connectivity index (χ4v) is 5.20. The lowest BCUT2D eigenvalue weighted by molar-refractivity contribution is -0.0389. The summed E-state index contributed by atoms with van der Waals surface area (Å²) in [5.74, 6) is 0. The van der Waals surface area contributed by atoms with Gasteiger partial charge in [-0.2, -0.15) is 0 Å². The molecule has 1 spiro atoms. The van der Waals surface area contributed by atoms with Crippen molar-refractivity contribution in [1.82, 2.24) is 19.6 Å². The summed E-state index contributed by atoms with van der Waals surface area (Å²) in [4.78, 5) is 22.0. The second-order valence-corrected chi connectivity index (χ2v) is 9.35. The van der Waals surface area contributed by atoms with Crippen LogP contribution < -0.4 is 0 Å². The van der Waals surface area contributed by atoms with Gasteiger partial charge in [0.05, 0.1) is 13.2 Å². The molecule has 28 heavy (non-hydrogen) atoms. The molecule has 0 aromatic heterocycles. The quantitative estimate of drug-likeness (QED) is 0.704. The van der Waals surface area contributed by atoms with Crippen LogP contribution in [0.25, 0.3) is 0 Å². The van der Waals surface area contributed by atoms with E-state index in [1.807, 2.05) is 4.90 Å². The number of carbonyl (C=O) groups excluding carboxylic acids is 1. The van der Waals surface area contributed by atoms with Crippen molar-refractivity contribution in [3.8, 4) is 0 Å². The first-order valence-corrected chi connectivity index (χ1v) is 11.3. The maximum Gasteiger partial charge on any atom is 0.410 e. The molecule has 1 amide bonds. The molecule has 4 fully saturated rings. The van der Waals surface area contributed by atoms with E-state index in [1.54, 1.807) is 0 Å². The molecular formula is C21H38N4O3. The average molecular weight is 395 g/mol. The summed E-state index contributed by atoms with van der Waals surface area (Å²) in [5, 5.41) is 0. The van der Waals surface area contributed by atoms with E-state index in [2.05, 4.69) is 28.5 Å². The second-order valence-electron chi connectivity index (χ2n) is 9.35. The molecular weight excluding hydrogens is 356 g/mol. The summed E-state index contributed by atoms with van der Waals surface area (Å²) in [6.45, 7) is 15.3. The van der Waals surface area contributed by atoms with Crippen LogP contribution >= 0.6 is 0 Å². The molecule has 1 atom stereocenters. The number of nitrogens with zero attached hydrogens (tertiary/aromatic N) is 4. The van der Waals surface area contributed by atoms with Crippen molar-refractivity contribution in [3.63, 3.8) is 0 Å². The molecule has 7 heteroatoms. The van der Waals surface area contributed by atoms with Crippen LogP contribution in [0.2, 0.25) is 0 Å². The van der Waals surface area contributed by atoms with E-state index in [0.29, 0.717) is 12.1 Å². The lowest BCUT2D eigenvalue weighted by Gasteiger charge is -2.42. The summed E-state index contributed by atoms with van der Waals surface area (Å²) in [6, 6.07) is 1.19. The van der Waals surface area contributed by atoms with Gasteiger partial charge in [-0.3, -0.25) is 14.7 Å².